The average Bonchev–Trinajstić information content (AvgIpc) is 2.68. The SMILES string of the molecule is CC(=O)Nc1cccc(C(=O)N2CCC(S(=O)(=O)Cc3ccccc3)CC2)c1. The van der Waals surface area contributed by atoms with E-state index in [9.17, 15) is 18.0 Å². The van der Waals surface area contributed by atoms with Crippen LogP contribution in [-0.4, -0.2) is 43.5 Å². The van der Waals surface area contributed by atoms with E-state index < -0.39 is 15.1 Å². The highest BCUT2D eigenvalue weighted by Gasteiger charge is 2.31. The quantitative estimate of drug-likeness (QED) is 0.837. The van der Waals surface area contributed by atoms with Crippen LogP contribution in [0.4, 0.5) is 5.69 Å². The van der Waals surface area contributed by atoms with Gasteiger partial charge in [0.15, 0.2) is 9.84 Å². The molecule has 3 rings (SSSR count). The van der Waals surface area contributed by atoms with Crippen molar-refractivity contribution in [3.8, 4) is 0 Å². The topological polar surface area (TPSA) is 83.6 Å². The predicted molar refractivity (Wildman–Crippen MR) is 109 cm³/mol. The summed E-state index contributed by atoms with van der Waals surface area (Å²) >= 11 is 0. The Morgan fingerprint density at radius 1 is 1.04 bits per heavy atom. The first-order chi connectivity index (χ1) is 13.3. The lowest BCUT2D eigenvalue weighted by atomic mass is 10.1. The Balaban J connectivity index is 1.62. The van der Waals surface area contributed by atoms with E-state index >= 15 is 0 Å². The minimum Gasteiger partial charge on any atom is -0.339 e. The molecule has 1 aliphatic heterocycles. The van der Waals surface area contributed by atoms with Crippen LogP contribution in [0, 0.1) is 0 Å². The number of amides is 2. The fourth-order valence-electron chi connectivity index (χ4n) is 3.46. The number of rotatable bonds is 5. The number of nitrogens with zero attached hydrogens (tertiary/aromatic N) is 1. The predicted octanol–water partition coefficient (Wildman–Crippen LogP) is 2.86. The number of hydrogen-bond donors (Lipinski definition) is 1. The molecule has 0 unspecified atom stereocenters. The van der Waals surface area contributed by atoms with Gasteiger partial charge in [-0.2, -0.15) is 0 Å². The zero-order chi connectivity index (χ0) is 20.1. The lowest BCUT2D eigenvalue weighted by molar-refractivity contribution is -0.114. The Morgan fingerprint density at radius 3 is 2.36 bits per heavy atom. The summed E-state index contributed by atoms with van der Waals surface area (Å²) in [7, 11) is -3.26. The highest BCUT2D eigenvalue weighted by atomic mass is 32.2. The van der Waals surface area contributed by atoms with Gasteiger partial charge in [-0.25, -0.2) is 8.42 Å². The maximum absolute atomic E-state index is 12.7. The molecule has 1 N–H and O–H groups in total. The molecule has 0 aromatic heterocycles. The summed E-state index contributed by atoms with van der Waals surface area (Å²) in [5.41, 5.74) is 1.84. The number of piperidine rings is 1. The third-order valence-corrected chi connectivity index (χ3v) is 7.10. The van der Waals surface area contributed by atoms with Crippen molar-refractivity contribution in [1.82, 2.24) is 4.90 Å². The molecule has 2 amide bonds. The summed E-state index contributed by atoms with van der Waals surface area (Å²) in [5, 5.41) is 2.24. The number of sulfone groups is 1. The van der Waals surface area contributed by atoms with Crippen molar-refractivity contribution < 1.29 is 18.0 Å². The number of anilines is 1. The molecule has 0 radical (unpaired) electrons. The number of nitrogens with one attached hydrogen (secondary N) is 1. The molecule has 1 fully saturated rings. The lowest BCUT2D eigenvalue weighted by Crippen LogP contribution is -2.42. The smallest absolute Gasteiger partial charge is 0.253 e. The van der Waals surface area contributed by atoms with Crippen LogP contribution in [0.15, 0.2) is 54.6 Å². The highest BCUT2D eigenvalue weighted by molar-refractivity contribution is 7.91. The van der Waals surface area contributed by atoms with E-state index in [1.165, 1.54) is 6.92 Å². The van der Waals surface area contributed by atoms with Crippen LogP contribution < -0.4 is 5.32 Å². The molecule has 0 aliphatic carbocycles. The van der Waals surface area contributed by atoms with E-state index in [0.29, 0.717) is 37.2 Å². The number of likely N-dealkylation sites (tertiary alicyclic amines) is 1. The normalized spacial score (nSPS) is 15.2. The Bertz CT molecular complexity index is 949. The van der Waals surface area contributed by atoms with Gasteiger partial charge in [0.25, 0.3) is 5.91 Å². The zero-order valence-electron chi connectivity index (χ0n) is 15.8. The summed E-state index contributed by atoms with van der Waals surface area (Å²) in [6, 6.07) is 15.9. The minimum atomic E-state index is -3.26. The number of benzene rings is 2. The van der Waals surface area contributed by atoms with Crippen molar-refractivity contribution >= 4 is 27.3 Å². The Labute approximate surface area is 165 Å². The van der Waals surface area contributed by atoms with Gasteiger partial charge >= 0.3 is 0 Å². The summed E-state index contributed by atoms with van der Waals surface area (Å²) in [6.45, 7) is 2.22. The van der Waals surface area contributed by atoms with Gasteiger partial charge in [-0.1, -0.05) is 36.4 Å². The Morgan fingerprint density at radius 2 is 1.71 bits per heavy atom. The first kappa shape index (κ1) is 20.1. The van der Waals surface area contributed by atoms with Crippen molar-refractivity contribution in [2.24, 2.45) is 0 Å². The fourth-order valence-corrected chi connectivity index (χ4v) is 5.28. The monoisotopic (exact) mass is 400 g/mol. The summed E-state index contributed by atoms with van der Waals surface area (Å²) in [6.07, 6.45) is 0.874. The second-order valence-electron chi connectivity index (χ2n) is 7.05. The van der Waals surface area contributed by atoms with Gasteiger partial charge < -0.3 is 10.2 Å². The molecule has 0 bridgehead atoms. The van der Waals surface area contributed by atoms with E-state index in [0.717, 1.165) is 5.56 Å². The molecular weight excluding hydrogens is 376 g/mol. The molecule has 6 nitrogen and oxygen atoms in total. The molecular formula is C21H24N2O4S. The number of carbonyl (C=O) groups excluding carboxylic acids is 2. The molecule has 0 atom stereocenters. The maximum atomic E-state index is 12.7. The first-order valence-electron chi connectivity index (χ1n) is 9.27. The van der Waals surface area contributed by atoms with Crippen molar-refractivity contribution in [1.29, 1.82) is 0 Å². The number of carbonyl (C=O) groups is 2. The van der Waals surface area contributed by atoms with Crippen molar-refractivity contribution in [2.75, 3.05) is 18.4 Å². The minimum absolute atomic E-state index is 0.0330. The molecule has 148 valence electrons. The third kappa shape index (κ3) is 4.98. The van der Waals surface area contributed by atoms with Gasteiger partial charge in [0.2, 0.25) is 5.91 Å². The van der Waals surface area contributed by atoms with Crippen LogP contribution in [0.2, 0.25) is 0 Å². The van der Waals surface area contributed by atoms with E-state index in [4.69, 9.17) is 0 Å². The fraction of sp³-hybridized carbons (Fsp3) is 0.333. The molecule has 2 aromatic carbocycles. The molecule has 1 heterocycles. The van der Waals surface area contributed by atoms with E-state index in [1.807, 2.05) is 30.3 Å². The summed E-state index contributed by atoms with van der Waals surface area (Å²) in [4.78, 5) is 25.6. The zero-order valence-corrected chi connectivity index (χ0v) is 16.6. The van der Waals surface area contributed by atoms with Gasteiger partial charge in [-0.3, -0.25) is 9.59 Å². The summed E-state index contributed by atoms with van der Waals surface area (Å²) < 4.78 is 25.4. The van der Waals surface area contributed by atoms with Crippen molar-refractivity contribution in [2.45, 2.75) is 30.8 Å². The number of hydrogen-bond acceptors (Lipinski definition) is 4. The molecule has 28 heavy (non-hydrogen) atoms. The largest absolute Gasteiger partial charge is 0.339 e. The summed E-state index contributed by atoms with van der Waals surface area (Å²) in [5.74, 6) is -0.314. The lowest BCUT2D eigenvalue weighted by Gasteiger charge is -2.32. The van der Waals surface area contributed by atoms with Gasteiger partial charge in [-0.15, -0.1) is 0 Å². The van der Waals surface area contributed by atoms with Crippen LogP contribution in [0.25, 0.3) is 0 Å². The Hall–Kier alpha value is -2.67. The molecule has 1 saturated heterocycles. The van der Waals surface area contributed by atoms with E-state index in [1.54, 1.807) is 29.2 Å². The van der Waals surface area contributed by atoms with Gasteiger partial charge in [0.1, 0.15) is 0 Å². The van der Waals surface area contributed by atoms with Gasteiger partial charge in [-0.05, 0) is 36.6 Å². The van der Waals surface area contributed by atoms with Crippen LogP contribution in [0.3, 0.4) is 0 Å². The molecule has 0 spiro atoms. The second-order valence-corrected chi connectivity index (χ2v) is 9.33. The van der Waals surface area contributed by atoms with Gasteiger partial charge in [0.05, 0.1) is 11.0 Å². The third-order valence-electron chi connectivity index (χ3n) is 4.88. The van der Waals surface area contributed by atoms with Crippen LogP contribution >= 0.6 is 0 Å². The van der Waals surface area contributed by atoms with Crippen LogP contribution in [0.1, 0.15) is 35.7 Å². The van der Waals surface area contributed by atoms with Crippen molar-refractivity contribution in [3.05, 3.63) is 65.7 Å². The highest BCUT2D eigenvalue weighted by Crippen LogP contribution is 2.23. The molecule has 7 heteroatoms. The Kier molecular flexibility index (Phi) is 6.14. The van der Waals surface area contributed by atoms with Crippen molar-refractivity contribution in [3.63, 3.8) is 0 Å². The molecule has 1 aliphatic rings. The molecule has 2 aromatic rings. The van der Waals surface area contributed by atoms with Gasteiger partial charge in [0, 0.05) is 31.3 Å². The standard InChI is InChI=1S/C21H24N2O4S/c1-16(24)22-19-9-5-8-18(14-19)21(25)23-12-10-20(11-13-23)28(26,27)15-17-6-3-2-4-7-17/h2-9,14,20H,10-13,15H2,1H3,(H,22,24). The van der Waals surface area contributed by atoms with Crippen LogP contribution in [-0.2, 0) is 20.4 Å². The average molecular weight is 401 g/mol. The van der Waals surface area contributed by atoms with E-state index in [2.05, 4.69) is 5.32 Å². The molecule has 0 saturated carbocycles. The first-order valence-corrected chi connectivity index (χ1v) is 11.0. The maximum Gasteiger partial charge on any atom is 0.253 e. The van der Waals surface area contributed by atoms with Crippen LogP contribution in [0.5, 0.6) is 0 Å². The van der Waals surface area contributed by atoms with E-state index in [-0.39, 0.29) is 17.6 Å². The second kappa shape index (κ2) is 8.56.